The van der Waals surface area contributed by atoms with Crippen LogP contribution in [-0.4, -0.2) is 10.8 Å². The first-order chi connectivity index (χ1) is 11.2. The lowest BCUT2D eigenvalue weighted by atomic mass is 10.1. The number of hydrogen-bond acceptors (Lipinski definition) is 4. The molecular weight excluding hydrogens is 348 g/mol. The largest absolute Gasteiger partial charge is 0.293 e. The normalized spacial score (nSPS) is 10.4. The van der Waals surface area contributed by atoms with E-state index in [1.165, 1.54) is 11.3 Å². The lowest BCUT2D eigenvalue weighted by molar-refractivity contribution is 0.0986. The Kier molecular flexibility index (Phi) is 4.87. The second-order valence-electron chi connectivity index (χ2n) is 4.83. The molecule has 0 aliphatic carbocycles. The number of carbonyl (C=O) groups is 1. The van der Waals surface area contributed by atoms with E-state index >= 15 is 0 Å². The van der Waals surface area contributed by atoms with Crippen LogP contribution in [0.4, 0.5) is 5.69 Å². The summed E-state index contributed by atoms with van der Waals surface area (Å²) in [4.78, 5) is 20.7. The monoisotopic (exact) mass is 358 g/mol. The highest BCUT2D eigenvalue weighted by molar-refractivity contribution is 7.18. The second-order valence-corrected chi connectivity index (χ2v) is 7.40. The minimum absolute atomic E-state index is 0.0952. The predicted molar refractivity (Wildman–Crippen MR) is 95.8 cm³/mol. The molecule has 0 fully saturated rings. The molecule has 3 aromatic rings. The van der Waals surface area contributed by atoms with Crippen molar-refractivity contribution in [2.24, 2.45) is 0 Å². The maximum absolute atomic E-state index is 12.1. The topological polar surface area (TPSA) is 34.3 Å². The van der Waals surface area contributed by atoms with Crippen LogP contribution in [0.15, 0.2) is 41.8 Å². The van der Waals surface area contributed by atoms with Gasteiger partial charge in [-0.3, -0.25) is 4.79 Å². The van der Waals surface area contributed by atoms with E-state index in [1.54, 1.807) is 35.6 Å². The number of halogens is 1. The van der Waals surface area contributed by atoms with E-state index in [9.17, 15) is 4.79 Å². The molecule has 0 saturated heterocycles. The van der Waals surface area contributed by atoms with Crippen molar-refractivity contribution in [3.63, 3.8) is 0 Å². The predicted octanol–water partition coefficient (Wildman–Crippen LogP) is 5.89. The summed E-state index contributed by atoms with van der Waals surface area (Å²) in [5.74, 6) is 0.0952. The summed E-state index contributed by atoms with van der Waals surface area (Å²) in [5.41, 5.74) is 2.52. The van der Waals surface area contributed by atoms with Gasteiger partial charge < -0.3 is 0 Å². The summed E-state index contributed by atoms with van der Waals surface area (Å²) in [6.45, 7) is 6.96. The summed E-state index contributed by atoms with van der Waals surface area (Å²) >= 11 is 8.71. The smallest absolute Gasteiger partial charge is 0.187 e. The lowest BCUT2D eigenvalue weighted by Gasteiger charge is -1.97. The quantitative estimate of drug-likeness (QED) is 0.421. The van der Waals surface area contributed by atoms with E-state index in [0.717, 1.165) is 16.3 Å². The number of aromatic nitrogens is 1. The van der Waals surface area contributed by atoms with E-state index in [-0.39, 0.29) is 5.78 Å². The average Bonchev–Trinajstić information content (AvgIpc) is 3.22. The number of nitrogens with zero attached hydrogens (tertiary/aromatic N) is 2. The number of carbonyl (C=O) groups excluding carboxylic acids is 1. The van der Waals surface area contributed by atoms with E-state index in [2.05, 4.69) is 9.83 Å². The molecule has 6 heteroatoms. The molecule has 0 atom stereocenters. The van der Waals surface area contributed by atoms with Gasteiger partial charge in [0.05, 0.1) is 21.5 Å². The molecule has 0 aliphatic heterocycles. The minimum atomic E-state index is 0.0952. The van der Waals surface area contributed by atoms with Gasteiger partial charge in [0.2, 0.25) is 0 Å². The third-order valence-electron chi connectivity index (χ3n) is 3.25. The van der Waals surface area contributed by atoms with Gasteiger partial charge >= 0.3 is 0 Å². The summed E-state index contributed by atoms with van der Waals surface area (Å²) in [6, 6.07) is 10.9. The van der Waals surface area contributed by atoms with Crippen LogP contribution in [0.2, 0.25) is 4.34 Å². The van der Waals surface area contributed by atoms with Crippen molar-refractivity contribution in [1.82, 2.24) is 4.98 Å². The molecule has 3 nitrogen and oxygen atoms in total. The number of thiazole rings is 1. The van der Waals surface area contributed by atoms with Crippen LogP contribution in [0.3, 0.4) is 0 Å². The highest BCUT2D eigenvalue weighted by atomic mass is 35.5. The first-order valence-electron chi connectivity index (χ1n) is 6.86. The average molecular weight is 359 g/mol. The van der Waals surface area contributed by atoms with Crippen LogP contribution in [0.25, 0.3) is 15.4 Å². The number of ketones is 1. The Morgan fingerprint density at radius 2 is 2.00 bits per heavy atom. The van der Waals surface area contributed by atoms with Gasteiger partial charge in [-0.15, -0.1) is 22.7 Å². The molecule has 0 radical (unpaired) electrons. The molecule has 3 rings (SSSR count). The Balaban J connectivity index is 1.65. The van der Waals surface area contributed by atoms with Crippen molar-refractivity contribution < 1.29 is 4.79 Å². The zero-order valence-corrected chi connectivity index (χ0v) is 14.3. The van der Waals surface area contributed by atoms with Crippen LogP contribution < -0.4 is 0 Å². The van der Waals surface area contributed by atoms with Gasteiger partial charge in [0.1, 0.15) is 5.01 Å². The number of thiophene rings is 1. The summed E-state index contributed by atoms with van der Waals surface area (Å²) in [7, 11) is 0. The molecule has 0 spiro atoms. The van der Waals surface area contributed by atoms with Gasteiger partial charge in [-0.25, -0.2) is 9.83 Å². The molecule has 114 valence electrons. The summed E-state index contributed by atoms with van der Waals surface area (Å²) in [5, 5.41) is 2.88. The Morgan fingerprint density at radius 3 is 2.65 bits per heavy atom. The maximum atomic E-state index is 12.1. The van der Waals surface area contributed by atoms with Crippen molar-refractivity contribution in [1.29, 1.82) is 0 Å². The van der Waals surface area contributed by atoms with Gasteiger partial charge in [0.15, 0.2) is 11.5 Å². The number of rotatable bonds is 5. The fourth-order valence-corrected chi connectivity index (χ4v) is 3.93. The first kappa shape index (κ1) is 15.9. The zero-order chi connectivity index (χ0) is 16.2. The minimum Gasteiger partial charge on any atom is -0.293 e. The first-order valence-corrected chi connectivity index (χ1v) is 8.94. The van der Waals surface area contributed by atoms with Crippen molar-refractivity contribution in [2.75, 3.05) is 0 Å². The van der Waals surface area contributed by atoms with Gasteiger partial charge in [0, 0.05) is 17.4 Å². The lowest BCUT2D eigenvalue weighted by Crippen LogP contribution is -1.98. The SMILES string of the molecule is [C-]#[N+]c1ccc(-c2nc(CCC(=O)c3ccc(Cl)s3)cs2)cc1. The second kappa shape index (κ2) is 7.05. The highest BCUT2D eigenvalue weighted by Gasteiger charge is 2.11. The summed E-state index contributed by atoms with van der Waals surface area (Å²) in [6.07, 6.45) is 1.04. The number of aryl methyl sites for hydroxylation is 1. The fourth-order valence-electron chi connectivity index (χ4n) is 2.06. The van der Waals surface area contributed by atoms with Crippen molar-refractivity contribution >= 4 is 45.7 Å². The van der Waals surface area contributed by atoms with Crippen LogP contribution in [0.1, 0.15) is 21.8 Å². The Labute approximate surface area is 147 Å². The van der Waals surface area contributed by atoms with Gasteiger partial charge in [-0.2, -0.15) is 0 Å². The van der Waals surface area contributed by atoms with Gasteiger partial charge in [0.25, 0.3) is 0 Å². The Hall–Kier alpha value is -2.00. The molecular formula is C17H11ClN2OS2. The van der Waals surface area contributed by atoms with Crippen molar-refractivity contribution in [2.45, 2.75) is 12.8 Å². The molecule has 0 aliphatic rings. The molecule has 0 amide bonds. The molecule has 23 heavy (non-hydrogen) atoms. The van der Waals surface area contributed by atoms with Crippen molar-refractivity contribution in [3.8, 4) is 10.6 Å². The molecule has 0 saturated carbocycles. The standard InChI is InChI=1S/C17H11ClN2OS2/c1-19-12-4-2-11(3-5-12)17-20-13(10-22-17)6-7-14(21)15-8-9-16(18)23-15/h2-5,8-10H,6-7H2. The van der Waals surface area contributed by atoms with Crippen molar-refractivity contribution in [3.05, 3.63) is 68.1 Å². The third kappa shape index (κ3) is 3.85. The fraction of sp³-hybridized carbons (Fsp3) is 0.118. The van der Waals surface area contributed by atoms with E-state index in [1.807, 2.05) is 17.5 Å². The van der Waals surface area contributed by atoms with Gasteiger partial charge in [-0.05, 0) is 18.6 Å². The number of benzene rings is 1. The zero-order valence-electron chi connectivity index (χ0n) is 12.0. The van der Waals surface area contributed by atoms with Crippen LogP contribution in [0.5, 0.6) is 0 Å². The molecule has 0 N–H and O–H groups in total. The molecule has 0 unspecified atom stereocenters. The maximum Gasteiger partial charge on any atom is 0.187 e. The highest BCUT2D eigenvalue weighted by Crippen LogP contribution is 2.27. The van der Waals surface area contributed by atoms with E-state index in [4.69, 9.17) is 18.2 Å². The molecule has 1 aromatic carbocycles. The van der Waals surface area contributed by atoms with Crippen LogP contribution in [0, 0.1) is 6.57 Å². The number of Topliss-reactive ketones (excluding diaryl/α,β-unsaturated/α-hetero) is 1. The Bertz CT molecular complexity index is 875. The summed E-state index contributed by atoms with van der Waals surface area (Å²) < 4.78 is 0.632. The molecule has 2 aromatic heterocycles. The number of hydrogen-bond donors (Lipinski definition) is 0. The van der Waals surface area contributed by atoms with E-state index in [0.29, 0.717) is 27.7 Å². The molecule has 2 heterocycles. The van der Waals surface area contributed by atoms with Crippen LogP contribution >= 0.6 is 34.3 Å². The van der Waals surface area contributed by atoms with Crippen LogP contribution in [-0.2, 0) is 6.42 Å². The third-order valence-corrected chi connectivity index (χ3v) is 5.46. The Morgan fingerprint density at radius 1 is 1.22 bits per heavy atom. The van der Waals surface area contributed by atoms with Gasteiger partial charge in [-0.1, -0.05) is 35.9 Å². The van der Waals surface area contributed by atoms with E-state index < -0.39 is 0 Å². The molecule has 0 bridgehead atoms.